The predicted octanol–water partition coefficient (Wildman–Crippen LogP) is 10.0. The average molecular weight is 691 g/mol. The van der Waals surface area contributed by atoms with Gasteiger partial charge in [-0.25, -0.2) is 9.78 Å². The van der Waals surface area contributed by atoms with E-state index >= 15 is 0 Å². The molecule has 1 aromatic heterocycles. The number of hydrogen-bond donors (Lipinski definition) is 3. The lowest BCUT2D eigenvalue weighted by Crippen LogP contribution is -2.31. The molecule has 9 heteroatoms. The van der Waals surface area contributed by atoms with Gasteiger partial charge in [-0.15, -0.1) is 11.8 Å². The van der Waals surface area contributed by atoms with Crippen molar-refractivity contribution >= 4 is 29.3 Å². The molecule has 0 radical (unpaired) electrons. The summed E-state index contributed by atoms with van der Waals surface area (Å²) in [6, 6.07) is 18.4. The first-order chi connectivity index (χ1) is 24.0. The van der Waals surface area contributed by atoms with Crippen LogP contribution in [0.3, 0.4) is 0 Å². The second-order valence-electron chi connectivity index (χ2n) is 13.0. The Labute approximate surface area is 296 Å². The van der Waals surface area contributed by atoms with Gasteiger partial charge in [-0.2, -0.15) is 0 Å². The molecule has 0 aliphatic carbocycles. The Morgan fingerprint density at radius 3 is 2.16 bits per heavy atom. The van der Waals surface area contributed by atoms with E-state index in [0.717, 1.165) is 29.5 Å². The summed E-state index contributed by atoms with van der Waals surface area (Å²) in [5.74, 6) is -0.527. The molecule has 8 nitrogen and oxygen atoms in total. The largest absolute Gasteiger partial charge is 0.478 e. The monoisotopic (exact) mass is 690 g/mol. The van der Waals surface area contributed by atoms with Crippen LogP contribution in [0.25, 0.3) is 0 Å². The molecule has 4 rings (SSSR count). The summed E-state index contributed by atoms with van der Waals surface area (Å²) in [7, 11) is 0. The van der Waals surface area contributed by atoms with Crippen molar-refractivity contribution in [2.24, 2.45) is 0 Å². The van der Waals surface area contributed by atoms with Crippen molar-refractivity contribution in [1.82, 2.24) is 4.98 Å². The van der Waals surface area contributed by atoms with Crippen molar-refractivity contribution in [2.75, 3.05) is 11.1 Å². The summed E-state index contributed by atoms with van der Waals surface area (Å²) in [5.41, 5.74) is 3.43. The molecule has 0 bridgehead atoms. The van der Waals surface area contributed by atoms with Crippen LogP contribution in [0.2, 0.25) is 0 Å². The molecule has 1 unspecified atom stereocenters. The minimum absolute atomic E-state index is 0.00595. The molecular weight excluding hydrogens is 637 g/mol. The van der Waals surface area contributed by atoms with E-state index in [1.807, 2.05) is 48.5 Å². The van der Waals surface area contributed by atoms with Crippen LogP contribution in [0.1, 0.15) is 143 Å². The number of ether oxygens (including phenoxy) is 2. The number of carbonyl (C=O) groups is 2. The van der Waals surface area contributed by atoms with Crippen molar-refractivity contribution in [2.45, 2.75) is 133 Å². The number of carboxylic acid groups (broad SMARTS) is 1. The van der Waals surface area contributed by atoms with E-state index in [1.54, 1.807) is 18.3 Å². The standard InChI is InChI=1S/C40H54N2O6S/c1-2-3-4-5-6-7-8-9-10-11-12-13-14-20-37(44)42-33-18-15-17-32(26-33)40-47-34(29-49-38-35(39(45)46)19-16-25-41-38)27-36(48-40)31-23-21-30(28-43)22-24-31/h15-19,21-26,34,36,40,43H,2-14,20,27-29H2,1H3,(H,42,44)(H,45,46)/t34-,36+,40?/m0/s1. The molecule has 1 fully saturated rings. The number of benzene rings is 2. The Morgan fingerprint density at radius 1 is 0.837 bits per heavy atom. The third kappa shape index (κ3) is 13.5. The molecule has 1 aliphatic heterocycles. The number of thioether (sulfide) groups is 1. The Kier molecular flexibility index (Phi) is 17.1. The SMILES string of the molecule is CCCCCCCCCCCCCCCC(=O)Nc1cccc(C2O[C@H](CSc3ncccc3C(=O)O)C[C@H](c3ccc(CO)cc3)O2)c1. The first-order valence-corrected chi connectivity index (χ1v) is 19.2. The highest BCUT2D eigenvalue weighted by Crippen LogP contribution is 2.40. The van der Waals surface area contributed by atoms with Gasteiger partial charge < -0.3 is 25.0 Å². The highest BCUT2D eigenvalue weighted by Gasteiger charge is 2.33. The van der Waals surface area contributed by atoms with Gasteiger partial charge in [0.2, 0.25) is 5.91 Å². The van der Waals surface area contributed by atoms with E-state index in [4.69, 9.17) is 9.47 Å². The molecule has 1 saturated heterocycles. The second-order valence-corrected chi connectivity index (χ2v) is 14.0. The van der Waals surface area contributed by atoms with Gasteiger partial charge in [-0.1, -0.05) is 120 Å². The molecule has 1 amide bonds. The lowest BCUT2D eigenvalue weighted by molar-refractivity contribution is -0.245. The predicted molar refractivity (Wildman–Crippen MR) is 196 cm³/mol. The molecule has 0 saturated carbocycles. The number of rotatable bonds is 22. The number of aliphatic hydroxyl groups is 1. The molecule has 2 heterocycles. The Hall–Kier alpha value is -3.24. The fourth-order valence-electron chi connectivity index (χ4n) is 6.15. The van der Waals surface area contributed by atoms with Gasteiger partial charge in [0.25, 0.3) is 0 Å². The fraction of sp³-hybridized carbons (Fsp3) is 0.525. The summed E-state index contributed by atoms with van der Waals surface area (Å²) < 4.78 is 12.9. The van der Waals surface area contributed by atoms with Gasteiger partial charge in [0.1, 0.15) is 5.03 Å². The first kappa shape index (κ1) is 38.6. The first-order valence-electron chi connectivity index (χ1n) is 18.2. The molecule has 2 aromatic carbocycles. The number of carbonyl (C=O) groups excluding carboxylic acids is 1. The van der Waals surface area contributed by atoms with Gasteiger partial charge >= 0.3 is 5.97 Å². The quantitative estimate of drug-likeness (QED) is 0.0704. The molecular formula is C40H54N2O6S. The maximum atomic E-state index is 12.8. The Balaban J connectivity index is 1.27. The van der Waals surface area contributed by atoms with Crippen LogP contribution in [0.5, 0.6) is 0 Å². The van der Waals surface area contributed by atoms with Crippen molar-refractivity contribution in [1.29, 1.82) is 0 Å². The Morgan fingerprint density at radius 2 is 1.51 bits per heavy atom. The highest BCUT2D eigenvalue weighted by atomic mass is 32.2. The molecule has 3 aromatic rings. The summed E-state index contributed by atoms with van der Waals surface area (Å²) in [6.45, 7) is 2.22. The zero-order chi connectivity index (χ0) is 34.7. The van der Waals surface area contributed by atoms with Gasteiger partial charge in [0.05, 0.1) is 24.4 Å². The Bertz CT molecular complexity index is 1420. The normalized spacial score (nSPS) is 17.6. The molecule has 1 aliphatic rings. The van der Waals surface area contributed by atoms with Crippen LogP contribution in [-0.4, -0.2) is 38.9 Å². The van der Waals surface area contributed by atoms with Gasteiger partial charge in [-0.05, 0) is 41.8 Å². The van der Waals surface area contributed by atoms with Crippen LogP contribution in [0.4, 0.5) is 5.69 Å². The number of aliphatic hydroxyl groups excluding tert-OH is 1. The summed E-state index contributed by atoms with van der Waals surface area (Å²) in [4.78, 5) is 28.8. The zero-order valence-electron chi connectivity index (χ0n) is 29.0. The zero-order valence-corrected chi connectivity index (χ0v) is 29.8. The number of aromatic nitrogens is 1. The lowest BCUT2D eigenvalue weighted by atomic mass is 10.0. The molecule has 3 atom stereocenters. The third-order valence-corrected chi connectivity index (χ3v) is 10.1. The second kappa shape index (κ2) is 21.8. The van der Waals surface area contributed by atoms with Crippen molar-refractivity contribution in [3.8, 4) is 0 Å². The molecule has 266 valence electrons. The molecule has 3 N–H and O–H groups in total. The maximum Gasteiger partial charge on any atom is 0.338 e. The lowest BCUT2D eigenvalue weighted by Gasteiger charge is -2.36. The topological polar surface area (TPSA) is 118 Å². The minimum Gasteiger partial charge on any atom is -0.478 e. The van der Waals surface area contributed by atoms with E-state index in [-0.39, 0.29) is 30.3 Å². The fourth-order valence-corrected chi connectivity index (χ4v) is 7.16. The van der Waals surface area contributed by atoms with E-state index < -0.39 is 12.3 Å². The maximum absolute atomic E-state index is 12.8. The van der Waals surface area contributed by atoms with Crippen molar-refractivity contribution in [3.63, 3.8) is 0 Å². The van der Waals surface area contributed by atoms with Gasteiger partial charge in [0.15, 0.2) is 6.29 Å². The third-order valence-electron chi connectivity index (χ3n) is 8.97. The van der Waals surface area contributed by atoms with Crippen LogP contribution >= 0.6 is 11.8 Å². The van der Waals surface area contributed by atoms with E-state index in [0.29, 0.717) is 29.3 Å². The summed E-state index contributed by atoms with van der Waals surface area (Å²) in [6.07, 6.45) is 17.9. The number of nitrogens with zero attached hydrogens (tertiary/aromatic N) is 1. The summed E-state index contributed by atoms with van der Waals surface area (Å²) >= 11 is 1.35. The molecule has 49 heavy (non-hydrogen) atoms. The van der Waals surface area contributed by atoms with Crippen molar-refractivity contribution in [3.05, 3.63) is 89.1 Å². The highest BCUT2D eigenvalue weighted by molar-refractivity contribution is 7.99. The van der Waals surface area contributed by atoms with E-state index in [1.165, 1.54) is 82.4 Å². The van der Waals surface area contributed by atoms with Gasteiger partial charge in [0, 0.05) is 36.0 Å². The number of amides is 1. The number of hydrogen-bond acceptors (Lipinski definition) is 7. The number of pyridine rings is 1. The van der Waals surface area contributed by atoms with Gasteiger partial charge in [-0.3, -0.25) is 4.79 Å². The summed E-state index contributed by atoms with van der Waals surface area (Å²) in [5, 5.41) is 22.6. The number of nitrogens with one attached hydrogen (secondary N) is 1. The number of aromatic carboxylic acids is 1. The number of unbranched alkanes of at least 4 members (excludes halogenated alkanes) is 12. The number of carboxylic acids is 1. The van der Waals surface area contributed by atoms with Crippen molar-refractivity contribution < 1.29 is 29.3 Å². The van der Waals surface area contributed by atoms with Crippen LogP contribution < -0.4 is 5.32 Å². The molecule has 0 spiro atoms. The average Bonchev–Trinajstić information content (AvgIpc) is 3.12. The minimum atomic E-state index is -1.02. The van der Waals surface area contributed by atoms with Crippen LogP contribution in [-0.2, 0) is 20.9 Å². The van der Waals surface area contributed by atoms with E-state index in [2.05, 4.69) is 17.2 Å². The van der Waals surface area contributed by atoms with Crippen LogP contribution in [0, 0.1) is 0 Å². The van der Waals surface area contributed by atoms with E-state index in [9.17, 15) is 19.8 Å². The number of anilines is 1. The van der Waals surface area contributed by atoms with Crippen LogP contribution in [0.15, 0.2) is 71.9 Å². The smallest absolute Gasteiger partial charge is 0.338 e.